The lowest BCUT2D eigenvalue weighted by atomic mass is 10.1. The normalized spacial score (nSPS) is 11.2. The van der Waals surface area contributed by atoms with E-state index in [1.165, 1.54) is 22.1 Å². The zero-order chi connectivity index (χ0) is 17.4. The molecule has 0 aliphatic carbocycles. The van der Waals surface area contributed by atoms with Gasteiger partial charge in [-0.1, -0.05) is 25.1 Å². The Bertz CT molecular complexity index is 1150. The molecule has 0 amide bonds. The second-order valence-corrected chi connectivity index (χ2v) is 6.53. The van der Waals surface area contributed by atoms with Gasteiger partial charge >= 0.3 is 11.4 Å². The van der Waals surface area contributed by atoms with Gasteiger partial charge in [0.05, 0.1) is 11.4 Å². The van der Waals surface area contributed by atoms with Crippen LogP contribution in [0.3, 0.4) is 0 Å². The fraction of sp³-hybridized carbons (Fsp3) is 0.167. The average molecular weight is 354 g/mol. The number of nitrogens with zero attached hydrogens (tertiary/aromatic N) is 2. The number of rotatable bonds is 4. The number of fused-ring (bicyclic) bond motifs is 1. The predicted molar refractivity (Wildman–Crippen MR) is 95.0 cm³/mol. The SMILES string of the molecule is CCc1ccc2c(Cn3nc(-c4cccs4)oc3=O)cc(=O)oc2c1. The van der Waals surface area contributed by atoms with Crippen molar-refractivity contribution in [3.8, 4) is 10.8 Å². The van der Waals surface area contributed by atoms with Crippen LogP contribution < -0.4 is 11.4 Å². The lowest BCUT2D eigenvalue weighted by Crippen LogP contribution is -2.17. The predicted octanol–water partition coefficient (Wildman–Crippen LogP) is 3.28. The van der Waals surface area contributed by atoms with Crippen molar-refractivity contribution in [1.29, 1.82) is 0 Å². The zero-order valence-corrected chi connectivity index (χ0v) is 14.2. The molecule has 0 saturated heterocycles. The van der Waals surface area contributed by atoms with Gasteiger partial charge in [-0.25, -0.2) is 9.59 Å². The molecule has 0 bridgehead atoms. The highest BCUT2D eigenvalue weighted by Crippen LogP contribution is 2.22. The third kappa shape index (κ3) is 2.94. The fourth-order valence-corrected chi connectivity index (χ4v) is 3.34. The van der Waals surface area contributed by atoms with Crippen LogP contribution in [-0.4, -0.2) is 9.78 Å². The zero-order valence-electron chi connectivity index (χ0n) is 13.4. The van der Waals surface area contributed by atoms with Crippen molar-refractivity contribution in [3.63, 3.8) is 0 Å². The largest absolute Gasteiger partial charge is 0.437 e. The lowest BCUT2D eigenvalue weighted by molar-refractivity contribution is 0.494. The first kappa shape index (κ1) is 15.6. The van der Waals surface area contributed by atoms with E-state index in [-0.39, 0.29) is 12.4 Å². The van der Waals surface area contributed by atoms with Crippen molar-refractivity contribution in [2.45, 2.75) is 19.9 Å². The van der Waals surface area contributed by atoms with Crippen molar-refractivity contribution < 1.29 is 8.83 Å². The van der Waals surface area contributed by atoms with Gasteiger partial charge < -0.3 is 8.83 Å². The van der Waals surface area contributed by atoms with Crippen molar-refractivity contribution in [2.24, 2.45) is 0 Å². The third-order valence-electron chi connectivity index (χ3n) is 3.96. The Balaban J connectivity index is 1.79. The highest BCUT2D eigenvalue weighted by atomic mass is 32.1. The van der Waals surface area contributed by atoms with Gasteiger partial charge in [0.1, 0.15) is 5.58 Å². The van der Waals surface area contributed by atoms with E-state index in [2.05, 4.69) is 5.10 Å². The molecule has 126 valence electrons. The summed E-state index contributed by atoms with van der Waals surface area (Å²) in [5, 5.41) is 6.90. The monoisotopic (exact) mass is 354 g/mol. The molecule has 0 fully saturated rings. The molecule has 4 rings (SSSR count). The van der Waals surface area contributed by atoms with Gasteiger partial charge in [-0.05, 0) is 35.1 Å². The van der Waals surface area contributed by atoms with Crippen LogP contribution in [0.5, 0.6) is 0 Å². The van der Waals surface area contributed by atoms with E-state index < -0.39 is 11.4 Å². The summed E-state index contributed by atoms with van der Waals surface area (Å²) in [6.07, 6.45) is 0.844. The van der Waals surface area contributed by atoms with Gasteiger partial charge in [-0.2, -0.15) is 4.68 Å². The van der Waals surface area contributed by atoms with Crippen LogP contribution in [-0.2, 0) is 13.0 Å². The summed E-state index contributed by atoms with van der Waals surface area (Å²) in [6.45, 7) is 2.17. The molecule has 0 radical (unpaired) electrons. The van der Waals surface area contributed by atoms with E-state index in [1.54, 1.807) is 0 Å². The van der Waals surface area contributed by atoms with Crippen molar-refractivity contribution in [1.82, 2.24) is 9.78 Å². The van der Waals surface area contributed by atoms with Gasteiger partial charge in [0, 0.05) is 11.5 Å². The number of aromatic nitrogens is 2. The number of hydrogen-bond acceptors (Lipinski definition) is 6. The molecule has 25 heavy (non-hydrogen) atoms. The van der Waals surface area contributed by atoms with E-state index in [1.807, 2.05) is 42.6 Å². The summed E-state index contributed by atoms with van der Waals surface area (Å²) in [7, 11) is 0. The number of hydrogen-bond donors (Lipinski definition) is 0. The Morgan fingerprint density at radius 2 is 2.04 bits per heavy atom. The maximum absolute atomic E-state index is 12.1. The van der Waals surface area contributed by atoms with E-state index >= 15 is 0 Å². The summed E-state index contributed by atoms with van der Waals surface area (Å²) < 4.78 is 11.7. The van der Waals surface area contributed by atoms with Crippen LogP contribution >= 0.6 is 11.3 Å². The third-order valence-corrected chi connectivity index (χ3v) is 4.82. The molecule has 4 aromatic rings. The summed E-state index contributed by atoms with van der Waals surface area (Å²) >= 11 is 1.44. The Morgan fingerprint density at radius 1 is 1.16 bits per heavy atom. The van der Waals surface area contributed by atoms with Crippen LogP contribution in [0.25, 0.3) is 21.7 Å². The van der Waals surface area contributed by atoms with Crippen LogP contribution in [0, 0.1) is 0 Å². The summed E-state index contributed by atoms with van der Waals surface area (Å²) in [5.74, 6) is -0.282. The summed E-state index contributed by atoms with van der Waals surface area (Å²) in [6, 6.07) is 10.8. The minimum Gasteiger partial charge on any atom is -0.423 e. The first-order valence-corrected chi connectivity index (χ1v) is 8.69. The van der Waals surface area contributed by atoms with E-state index in [4.69, 9.17) is 8.83 Å². The molecule has 0 saturated carbocycles. The molecule has 0 N–H and O–H groups in total. The van der Waals surface area contributed by atoms with Gasteiger partial charge in [0.25, 0.3) is 5.89 Å². The topological polar surface area (TPSA) is 78.2 Å². The highest BCUT2D eigenvalue weighted by Gasteiger charge is 2.14. The molecule has 1 aromatic carbocycles. The van der Waals surface area contributed by atoms with Crippen LogP contribution in [0.2, 0.25) is 0 Å². The molecule has 3 heterocycles. The second kappa shape index (κ2) is 6.18. The molecule has 0 aliphatic heterocycles. The molecular formula is C18H14N2O4S. The van der Waals surface area contributed by atoms with Gasteiger partial charge in [-0.3, -0.25) is 0 Å². The van der Waals surface area contributed by atoms with E-state index in [0.29, 0.717) is 11.1 Å². The Hall–Kier alpha value is -2.93. The first-order valence-electron chi connectivity index (χ1n) is 7.81. The van der Waals surface area contributed by atoms with E-state index in [9.17, 15) is 9.59 Å². The maximum atomic E-state index is 12.1. The first-order chi connectivity index (χ1) is 12.1. The summed E-state index contributed by atoms with van der Waals surface area (Å²) in [5.41, 5.74) is 1.80. The van der Waals surface area contributed by atoms with Crippen molar-refractivity contribution in [2.75, 3.05) is 0 Å². The van der Waals surface area contributed by atoms with Gasteiger partial charge in [0.15, 0.2) is 0 Å². The molecule has 0 atom stereocenters. The molecule has 6 nitrogen and oxygen atoms in total. The van der Waals surface area contributed by atoms with Gasteiger partial charge in [-0.15, -0.1) is 16.4 Å². The van der Waals surface area contributed by atoms with Crippen molar-refractivity contribution in [3.05, 3.63) is 73.9 Å². The molecule has 0 aliphatic rings. The maximum Gasteiger partial charge on any atom is 0.437 e. The number of benzene rings is 1. The van der Waals surface area contributed by atoms with Crippen LogP contribution in [0.4, 0.5) is 0 Å². The number of thiophene rings is 1. The van der Waals surface area contributed by atoms with Gasteiger partial charge in [0.2, 0.25) is 0 Å². The van der Waals surface area contributed by atoms with Crippen LogP contribution in [0.1, 0.15) is 18.1 Å². The summed E-state index contributed by atoms with van der Waals surface area (Å²) in [4.78, 5) is 24.8. The Morgan fingerprint density at radius 3 is 2.80 bits per heavy atom. The standard InChI is InChI=1S/C18H14N2O4S/c1-2-11-5-6-13-12(9-16(21)23-14(13)8-11)10-20-18(22)24-17(19-20)15-4-3-7-25-15/h3-9H,2,10H2,1H3. The molecule has 7 heteroatoms. The van der Waals surface area contributed by atoms with Crippen molar-refractivity contribution >= 4 is 22.3 Å². The Kier molecular flexibility index (Phi) is 3.85. The average Bonchev–Trinajstić information content (AvgIpc) is 3.24. The fourth-order valence-electron chi connectivity index (χ4n) is 2.69. The Labute approximate surface area is 146 Å². The number of aryl methyl sites for hydroxylation is 1. The smallest absolute Gasteiger partial charge is 0.423 e. The minimum absolute atomic E-state index is 0.140. The van der Waals surface area contributed by atoms with Crippen LogP contribution in [0.15, 0.2) is 60.2 Å². The molecule has 3 aromatic heterocycles. The second-order valence-electron chi connectivity index (χ2n) is 5.58. The highest BCUT2D eigenvalue weighted by molar-refractivity contribution is 7.13. The molecule has 0 spiro atoms. The minimum atomic E-state index is -0.560. The van der Waals surface area contributed by atoms with E-state index in [0.717, 1.165) is 22.2 Å². The molecule has 0 unspecified atom stereocenters. The quantitative estimate of drug-likeness (QED) is 0.526. The molecular weight excluding hydrogens is 340 g/mol. The lowest BCUT2D eigenvalue weighted by Gasteiger charge is -2.05.